The molecule has 0 aromatic heterocycles. The number of aryl methyl sites for hydroxylation is 2. The zero-order valence-corrected chi connectivity index (χ0v) is 14.9. The van der Waals surface area contributed by atoms with Crippen molar-refractivity contribution in [2.45, 2.75) is 52.1 Å². The van der Waals surface area contributed by atoms with Crippen LogP contribution < -0.4 is 10.1 Å². The van der Waals surface area contributed by atoms with Crippen LogP contribution in [0.1, 0.15) is 44.2 Å². The largest absolute Gasteiger partial charge is 0.484 e. The van der Waals surface area contributed by atoms with Crippen molar-refractivity contribution in [1.29, 1.82) is 0 Å². The molecule has 25 heavy (non-hydrogen) atoms. The van der Waals surface area contributed by atoms with Crippen molar-refractivity contribution >= 4 is 11.9 Å². The predicted molar refractivity (Wildman–Crippen MR) is 93.6 cm³/mol. The lowest BCUT2D eigenvalue weighted by molar-refractivity contribution is -0.141. The molecule has 1 aliphatic rings. The Bertz CT molecular complexity index is 626. The smallest absolute Gasteiger partial charge is 0.303 e. The van der Waals surface area contributed by atoms with Gasteiger partial charge in [-0.05, 0) is 48.9 Å². The van der Waals surface area contributed by atoms with Gasteiger partial charge in [0.2, 0.25) is 0 Å². The average Bonchev–Trinajstić information content (AvgIpc) is 2.56. The number of aliphatic hydroxyl groups is 1. The number of carbonyl (C=O) groups is 2. The molecule has 0 aliphatic heterocycles. The Morgan fingerprint density at radius 1 is 1.24 bits per heavy atom. The zero-order chi connectivity index (χ0) is 18.4. The Morgan fingerprint density at radius 2 is 1.92 bits per heavy atom. The van der Waals surface area contributed by atoms with Crippen LogP contribution in [0.25, 0.3) is 0 Å². The van der Waals surface area contributed by atoms with Gasteiger partial charge in [0.15, 0.2) is 6.61 Å². The maximum atomic E-state index is 11.9. The molecule has 6 heteroatoms. The van der Waals surface area contributed by atoms with E-state index in [2.05, 4.69) is 11.4 Å². The lowest BCUT2D eigenvalue weighted by Crippen LogP contribution is -2.42. The molecule has 0 saturated heterocycles. The van der Waals surface area contributed by atoms with Crippen molar-refractivity contribution in [2.24, 2.45) is 5.41 Å². The lowest BCUT2D eigenvalue weighted by Gasteiger charge is -2.29. The molecule has 1 aliphatic carbocycles. The second-order valence-corrected chi connectivity index (χ2v) is 7.31. The minimum absolute atomic E-state index is 0.00728. The molecule has 1 atom stereocenters. The van der Waals surface area contributed by atoms with Crippen LogP contribution in [0.5, 0.6) is 5.75 Å². The van der Waals surface area contributed by atoms with E-state index in [1.54, 1.807) is 13.8 Å². The first kappa shape index (κ1) is 19.2. The molecule has 6 nitrogen and oxygen atoms in total. The molecule has 0 bridgehead atoms. The highest BCUT2D eigenvalue weighted by atomic mass is 16.5. The topological polar surface area (TPSA) is 95.9 Å². The minimum Gasteiger partial charge on any atom is -0.484 e. The standard InChI is InChI=1S/C19H27NO5/c1-19(2,10-18(23)24)16(21)11-20-17(22)12-25-15-8-7-13-5-3-4-6-14(13)9-15/h7-9,16,21H,3-6,10-12H2,1-2H3,(H,20,22)(H,23,24). The molecule has 0 radical (unpaired) electrons. The number of hydrogen-bond acceptors (Lipinski definition) is 4. The lowest BCUT2D eigenvalue weighted by atomic mass is 9.83. The van der Waals surface area contributed by atoms with Crippen LogP contribution in [-0.2, 0) is 22.4 Å². The highest BCUT2D eigenvalue weighted by molar-refractivity contribution is 5.77. The van der Waals surface area contributed by atoms with E-state index in [1.807, 2.05) is 12.1 Å². The predicted octanol–water partition coefficient (Wildman–Crippen LogP) is 1.92. The summed E-state index contributed by atoms with van der Waals surface area (Å²) in [5, 5.41) is 21.5. The maximum absolute atomic E-state index is 11.9. The Balaban J connectivity index is 1.78. The van der Waals surface area contributed by atoms with Gasteiger partial charge in [0, 0.05) is 12.0 Å². The number of rotatable bonds is 8. The molecule has 1 aromatic rings. The van der Waals surface area contributed by atoms with Crippen molar-refractivity contribution in [1.82, 2.24) is 5.32 Å². The summed E-state index contributed by atoms with van der Waals surface area (Å²) in [5.41, 5.74) is 1.82. The number of aliphatic carboxylic acids is 1. The summed E-state index contributed by atoms with van der Waals surface area (Å²) in [7, 11) is 0. The average molecular weight is 349 g/mol. The molecule has 138 valence electrons. The molecular weight excluding hydrogens is 322 g/mol. The highest BCUT2D eigenvalue weighted by Crippen LogP contribution is 2.26. The fourth-order valence-electron chi connectivity index (χ4n) is 2.99. The normalized spacial score (nSPS) is 15.2. The summed E-state index contributed by atoms with van der Waals surface area (Å²) in [6, 6.07) is 5.93. The SMILES string of the molecule is CC(C)(CC(=O)O)C(O)CNC(=O)COc1ccc2c(c1)CCCC2. The molecule has 1 amide bonds. The third-order valence-corrected chi connectivity index (χ3v) is 4.69. The summed E-state index contributed by atoms with van der Waals surface area (Å²) < 4.78 is 5.53. The number of benzene rings is 1. The van der Waals surface area contributed by atoms with Gasteiger partial charge in [-0.2, -0.15) is 0 Å². The van der Waals surface area contributed by atoms with Crippen molar-refractivity contribution in [3.63, 3.8) is 0 Å². The number of carboxylic acid groups (broad SMARTS) is 1. The van der Waals surface area contributed by atoms with E-state index < -0.39 is 17.5 Å². The Hall–Kier alpha value is -2.08. The monoisotopic (exact) mass is 349 g/mol. The van der Waals surface area contributed by atoms with Crippen molar-refractivity contribution in [3.8, 4) is 5.75 Å². The van der Waals surface area contributed by atoms with E-state index in [-0.39, 0.29) is 25.5 Å². The summed E-state index contributed by atoms with van der Waals surface area (Å²) in [5.74, 6) is -0.656. The summed E-state index contributed by atoms with van der Waals surface area (Å²) in [6.07, 6.45) is 3.42. The van der Waals surface area contributed by atoms with Crippen molar-refractivity contribution in [2.75, 3.05) is 13.2 Å². The first-order valence-corrected chi connectivity index (χ1v) is 8.69. The van der Waals surface area contributed by atoms with Crippen LogP contribution >= 0.6 is 0 Å². The van der Waals surface area contributed by atoms with Gasteiger partial charge in [-0.25, -0.2) is 0 Å². The summed E-state index contributed by atoms with van der Waals surface area (Å²) in [6.45, 7) is 3.17. The third-order valence-electron chi connectivity index (χ3n) is 4.69. The third kappa shape index (κ3) is 5.74. The summed E-state index contributed by atoms with van der Waals surface area (Å²) in [4.78, 5) is 22.7. The molecule has 0 saturated carbocycles. The Labute approximate surface area is 148 Å². The number of carboxylic acids is 1. The number of nitrogens with one attached hydrogen (secondary N) is 1. The van der Waals surface area contributed by atoms with E-state index in [1.165, 1.54) is 24.0 Å². The molecule has 2 rings (SSSR count). The first-order valence-electron chi connectivity index (χ1n) is 8.69. The van der Waals surface area contributed by atoms with Gasteiger partial charge in [0.25, 0.3) is 5.91 Å². The van der Waals surface area contributed by atoms with Crippen LogP contribution in [0, 0.1) is 5.41 Å². The number of aliphatic hydroxyl groups excluding tert-OH is 1. The van der Waals surface area contributed by atoms with Crippen LogP contribution in [-0.4, -0.2) is 41.3 Å². The number of ether oxygens (including phenoxy) is 1. The fourth-order valence-corrected chi connectivity index (χ4v) is 2.99. The van der Waals surface area contributed by atoms with Crippen molar-refractivity contribution < 1.29 is 24.5 Å². The van der Waals surface area contributed by atoms with E-state index in [0.717, 1.165) is 12.8 Å². The minimum atomic E-state index is -0.980. The second kappa shape index (κ2) is 8.34. The number of hydrogen-bond donors (Lipinski definition) is 3. The molecule has 1 aromatic carbocycles. The maximum Gasteiger partial charge on any atom is 0.303 e. The Kier molecular flexibility index (Phi) is 6.42. The number of amides is 1. The number of fused-ring (bicyclic) bond motifs is 1. The highest BCUT2D eigenvalue weighted by Gasteiger charge is 2.30. The van der Waals surface area contributed by atoms with Gasteiger partial charge in [-0.1, -0.05) is 19.9 Å². The van der Waals surface area contributed by atoms with Crippen LogP contribution in [0.3, 0.4) is 0 Å². The zero-order valence-electron chi connectivity index (χ0n) is 14.9. The molecular formula is C19H27NO5. The van der Waals surface area contributed by atoms with Gasteiger partial charge in [-0.3, -0.25) is 9.59 Å². The number of carbonyl (C=O) groups excluding carboxylic acids is 1. The van der Waals surface area contributed by atoms with Crippen molar-refractivity contribution in [3.05, 3.63) is 29.3 Å². The van der Waals surface area contributed by atoms with E-state index in [0.29, 0.717) is 5.75 Å². The quantitative estimate of drug-likeness (QED) is 0.666. The van der Waals surface area contributed by atoms with Crippen LogP contribution in [0.4, 0.5) is 0 Å². The summed E-state index contributed by atoms with van der Waals surface area (Å²) >= 11 is 0. The van der Waals surface area contributed by atoms with E-state index in [4.69, 9.17) is 9.84 Å². The fraction of sp³-hybridized carbons (Fsp3) is 0.579. The van der Waals surface area contributed by atoms with Gasteiger partial charge < -0.3 is 20.3 Å². The van der Waals surface area contributed by atoms with Gasteiger partial charge in [-0.15, -0.1) is 0 Å². The molecule has 3 N–H and O–H groups in total. The van der Waals surface area contributed by atoms with Gasteiger partial charge in [0.05, 0.1) is 12.5 Å². The van der Waals surface area contributed by atoms with Gasteiger partial charge >= 0.3 is 5.97 Å². The molecule has 0 heterocycles. The first-order chi connectivity index (χ1) is 11.8. The van der Waals surface area contributed by atoms with Gasteiger partial charge in [0.1, 0.15) is 5.75 Å². The molecule has 0 fully saturated rings. The van der Waals surface area contributed by atoms with E-state index in [9.17, 15) is 14.7 Å². The second-order valence-electron chi connectivity index (χ2n) is 7.31. The molecule has 1 unspecified atom stereocenters. The van der Waals surface area contributed by atoms with Crippen LogP contribution in [0.15, 0.2) is 18.2 Å². The molecule has 0 spiro atoms. The Morgan fingerprint density at radius 3 is 2.60 bits per heavy atom. The van der Waals surface area contributed by atoms with Crippen LogP contribution in [0.2, 0.25) is 0 Å². The van der Waals surface area contributed by atoms with E-state index >= 15 is 0 Å².